The van der Waals surface area contributed by atoms with Gasteiger partial charge in [-0.25, -0.2) is 0 Å². The first-order chi connectivity index (χ1) is 11.1. The number of primary amides is 1. The second-order valence-electron chi connectivity index (χ2n) is 4.86. The average molecular weight is 343 g/mol. The van der Waals surface area contributed by atoms with Crippen LogP contribution >= 0.6 is 0 Å². The molecule has 24 heavy (non-hydrogen) atoms. The van der Waals surface area contributed by atoms with E-state index < -0.39 is 41.6 Å². The first-order valence-electron chi connectivity index (χ1n) is 6.61. The molecule has 0 aromatic heterocycles. The molecule has 0 atom stereocenters. The number of β-amino-alcohol motifs (C(OH)–C–C–N with tert-alkyl or cyclic N) is 1. The second kappa shape index (κ2) is 6.32. The van der Waals surface area contributed by atoms with Crippen molar-refractivity contribution in [2.24, 2.45) is 5.73 Å². The Kier molecular flexibility index (Phi) is 4.60. The maximum Gasteiger partial charge on any atom is 0.416 e. The van der Waals surface area contributed by atoms with Crippen LogP contribution in [0.1, 0.15) is 15.9 Å². The number of aliphatic hydroxyl groups is 1. The molecule has 0 fully saturated rings. The maximum atomic E-state index is 12.9. The van der Waals surface area contributed by atoms with Gasteiger partial charge in [-0.05, 0) is 18.2 Å². The van der Waals surface area contributed by atoms with Gasteiger partial charge < -0.3 is 16.2 Å². The fraction of sp³-hybridized carbons (Fsp3) is 0.214. The van der Waals surface area contributed by atoms with Crippen molar-refractivity contribution in [2.75, 3.05) is 18.5 Å². The number of hydrogen-bond acceptors (Lipinski definition) is 5. The van der Waals surface area contributed by atoms with Gasteiger partial charge in [-0.15, -0.1) is 0 Å². The number of carbonyl (C=O) groups is 3. The van der Waals surface area contributed by atoms with E-state index in [2.05, 4.69) is 5.32 Å². The van der Waals surface area contributed by atoms with Crippen LogP contribution in [0.3, 0.4) is 0 Å². The second-order valence-corrected chi connectivity index (χ2v) is 4.86. The van der Waals surface area contributed by atoms with Crippen LogP contribution in [0.4, 0.5) is 18.9 Å². The highest BCUT2D eigenvalue weighted by Gasteiger charge is 2.33. The Morgan fingerprint density at radius 2 is 1.92 bits per heavy atom. The minimum atomic E-state index is -4.73. The first-order valence-corrected chi connectivity index (χ1v) is 6.61. The fourth-order valence-electron chi connectivity index (χ4n) is 2.07. The minimum absolute atomic E-state index is 0.225. The monoisotopic (exact) mass is 343 g/mol. The molecule has 2 rings (SSSR count). The largest absolute Gasteiger partial charge is 0.416 e. The Morgan fingerprint density at radius 3 is 2.46 bits per heavy atom. The molecule has 0 saturated heterocycles. The number of aliphatic hydroxyl groups excluding tert-OH is 1. The van der Waals surface area contributed by atoms with E-state index in [9.17, 15) is 27.6 Å². The summed E-state index contributed by atoms with van der Waals surface area (Å²) in [7, 11) is 0. The van der Waals surface area contributed by atoms with Gasteiger partial charge in [-0.1, -0.05) is 0 Å². The van der Waals surface area contributed by atoms with Gasteiger partial charge in [0, 0.05) is 17.3 Å². The van der Waals surface area contributed by atoms with Crippen LogP contribution in [0.25, 0.3) is 0 Å². The van der Waals surface area contributed by atoms with E-state index in [1.54, 1.807) is 0 Å². The number of amides is 3. The lowest BCUT2D eigenvalue weighted by atomic mass is 10.1. The molecule has 0 unspecified atom stereocenters. The lowest BCUT2D eigenvalue weighted by molar-refractivity contribution is -0.138. The molecule has 128 valence electrons. The van der Waals surface area contributed by atoms with Gasteiger partial charge in [0.05, 0.1) is 18.7 Å². The first kappa shape index (κ1) is 17.5. The van der Waals surface area contributed by atoms with Gasteiger partial charge in [0.25, 0.3) is 11.8 Å². The van der Waals surface area contributed by atoms with Gasteiger partial charge in [0.2, 0.25) is 5.91 Å². The molecular weight excluding hydrogens is 331 g/mol. The SMILES string of the molecule is NC(=O)c1cc(NC2=CC(=O)N(CCO)C2=O)cc(C(F)(F)F)c1. The van der Waals surface area contributed by atoms with Crippen LogP contribution in [0, 0.1) is 0 Å². The number of imide groups is 1. The number of alkyl halides is 3. The molecular formula is C14H12F3N3O4. The summed E-state index contributed by atoms with van der Waals surface area (Å²) < 4.78 is 38.6. The van der Waals surface area contributed by atoms with Gasteiger partial charge in [0.1, 0.15) is 5.70 Å². The van der Waals surface area contributed by atoms with Gasteiger partial charge >= 0.3 is 6.18 Å². The Bertz CT molecular complexity index is 743. The normalized spacial score (nSPS) is 14.8. The summed E-state index contributed by atoms with van der Waals surface area (Å²) >= 11 is 0. The van der Waals surface area contributed by atoms with E-state index in [0.717, 1.165) is 17.0 Å². The molecule has 1 heterocycles. The van der Waals surface area contributed by atoms with Gasteiger partial charge in [-0.3, -0.25) is 19.3 Å². The fourth-order valence-corrected chi connectivity index (χ4v) is 2.07. The van der Waals surface area contributed by atoms with E-state index in [0.29, 0.717) is 12.1 Å². The summed E-state index contributed by atoms with van der Waals surface area (Å²) in [5, 5.41) is 11.2. The summed E-state index contributed by atoms with van der Waals surface area (Å²) in [6.07, 6.45) is -3.84. The van der Waals surface area contributed by atoms with Crippen LogP contribution in [0.5, 0.6) is 0 Å². The minimum Gasteiger partial charge on any atom is -0.395 e. The number of anilines is 1. The molecule has 0 bridgehead atoms. The highest BCUT2D eigenvalue weighted by atomic mass is 19.4. The molecule has 3 amide bonds. The van der Waals surface area contributed by atoms with E-state index in [1.807, 2.05) is 0 Å². The standard InChI is InChI=1S/C14H12F3N3O4/c15-14(16,17)8-3-7(12(18)23)4-9(5-8)19-10-6-11(22)20(1-2-21)13(10)24/h3-6,19,21H,1-2H2,(H2,18,23). The zero-order valence-corrected chi connectivity index (χ0v) is 12.1. The van der Waals surface area contributed by atoms with E-state index in [1.165, 1.54) is 0 Å². The number of hydrogen-bond donors (Lipinski definition) is 3. The summed E-state index contributed by atoms with van der Waals surface area (Å²) in [5.74, 6) is -2.58. The molecule has 4 N–H and O–H groups in total. The van der Waals surface area contributed by atoms with Crippen molar-refractivity contribution in [1.29, 1.82) is 0 Å². The quantitative estimate of drug-likeness (QED) is 0.673. The van der Waals surface area contributed by atoms with Crippen LogP contribution in [-0.2, 0) is 15.8 Å². The number of benzene rings is 1. The molecule has 0 spiro atoms. The summed E-state index contributed by atoms with van der Waals surface area (Å²) in [6.45, 7) is -0.692. The summed E-state index contributed by atoms with van der Waals surface area (Å²) in [4.78, 5) is 35.5. The zero-order valence-electron chi connectivity index (χ0n) is 12.1. The number of halogens is 3. The van der Waals surface area contributed by atoms with Crippen LogP contribution in [-0.4, -0.2) is 40.9 Å². The third kappa shape index (κ3) is 3.54. The number of nitrogens with one attached hydrogen (secondary N) is 1. The van der Waals surface area contributed by atoms with E-state index >= 15 is 0 Å². The van der Waals surface area contributed by atoms with Crippen LogP contribution in [0.15, 0.2) is 30.0 Å². The predicted octanol–water partition coefficient (Wildman–Crippen LogP) is 0.461. The lowest BCUT2D eigenvalue weighted by Crippen LogP contribution is -2.34. The van der Waals surface area contributed by atoms with Crippen molar-refractivity contribution in [2.45, 2.75) is 6.18 Å². The molecule has 10 heteroatoms. The number of nitrogens with zero attached hydrogens (tertiary/aromatic N) is 1. The van der Waals surface area contributed by atoms with E-state index in [-0.39, 0.29) is 17.9 Å². The number of rotatable bonds is 5. The molecule has 1 aliphatic rings. The van der Waals surface area contributed by atoms with Crippen LogP contribution in [0.2, 0.25) is 0 Å². The zero-order chi connectivity index (χ0) is 18.1. The van der Waals surface area contributed by atoms with Crippen molar-refractivity contribution >= 4 is 23.4 Å². The molecule has 0 radical (unpaired) electrons. The van der Waals surface area contributed by atoms with Crippen molar-refractivity contribution in [3.63, 3.8) is 0 Å². The smallest absolute Gasteiger partial charge is 0.395 e. The average Bonchev–Trinajstić information content (AvgIpc) is 2.74. The molecule has 1 aromatic carbocycles. The number of carbonyl (C=O) groups excluding carboxylic acids is 3. The Hall–Kier alpha value is -2.88. The van der Waals surface area contributed by atoms with Gasteiger partial charge in [-0.2, -0.15) is 13.2 Å². The Balaban J connectivity index is 2.35. The van der Waals surface area contributed by atoms with Crippen molar-refractivity contribution in [1.82, 2.24) is 4.90 Å². The van der Waals surface area contributed by atoms with E-state index in [4.69, 9.17) is 10.8 Å². The Labute approximate surface area is 133 Å². The highest BCUT2D eigenvalue weighted by Crippen LogP contribution is 2.32. The molecule has 0 saturated carbocycles. The third-order valence-electron chi connectivity index (χ3n) is 3.16. The Morgan fingerprint density at radius 1 is 1.25 bits per heavy atom. The van der Waals surface area contributed by atoms with Crippen molar-refractivity contribution in [3.8, 4) is 0 Å². The van der Waals surface area contributed by atoms with Crippen LogP contribution < -0.4 is 11.1 Å². The topological polar surface area (TPSA) is 113 Å². The van der Waals surface area contributed by atoms with Gasteiger partial charge in [0.15, 0.2) is 0 Å². The van der Waals surface area contributed by atoms with Crippen molar-refractivity contribution < 1.29 is 32.7 Å². The summed E-state index contributed by atoms with van der Waals surface area (Å²) in [6, 6.07) is 2.30. The predicted molar refractivity (Wildman–Crippen MR) is 75.5 cm³/mol. The maximum absolute atomic E-state index is 12.9. The number of nitrogens with two attached hydrogens (primary N) is 1. The third-order valence-corrected chi connectivity index (χ3v) is 3.16. The highest BCUT2D eigenvalue weighted by molar-refractivity contribution is 6.17. The molecule has 1 aromatic rings. The molecule has 7 nitrogen and oxygen atoms in total. The summed E-state index contributed by atoms with van der Waals surface area (Å²) in [5.41, 5.74) is 2.97. The lowest BCUT2D eigenvalue weighted by Gasteiger charge is -2.15. The molecule has 0 aliphatic carbocycles. The van der Waals surface area contributed by atoms with Crippen molar-refractivity contribution in [3.05, 3.63) is 41.1 Å². The molecule has 1 aliphatic heterocycles.